The third kappa shape index (κ3) is 4.90. The molecule has 0 spiro atoms. The molecule has 1 atom stereocenters. The maximum absolute atomic E-state index is 4.45. The highest BCUT2D eigenvalue weighted by atomic mass is 79.9. The summed E-state index contributed by atoms with van der Waals surface area (Å²) in [5, 5.41) is 10.2. The van der Waals surface area contributed by atoms with Crippen molar-refractivity contribution in [2.75, 3.05) is 6.54 Å². The van der Waals surface area contributed by atoms with Crippen LogP contribution in [0.4, 0.5) is 0 Å². The van der Waals surface area contributed by atoms with Crippen molar-refractivity contribution in [2.24, 2.45) is 5.92 Å². The molecule has 1 unspecified atom stereocenters. The average molecular weight is 371 g/mol. The molecule has 2 rings (SSSR count). The standard InChI is InChI=1S/C15H23BrN4S/c1-4-5-17-13(12-6-14(16)21-9-12)7-15-18-10-19-20(15)8-11(2)3/h6,9-11,13,17H,4-5,7-8H2,1-3H3. The van der Waals surface area contributed by atoms with Gasteiger partial charge in [-0.05, 0) is 51.8 Å². The second-order valence-corrected chi connectivity index (χ2v) is 7.94. The van der Waals surface area contributed by atoms with Crippen LogP contribution in [0.2, 0.25) is 0 Å². The lowest BCUT2D eigenvalue weighted by Gasteiger charge is -2.18. The lowest BCUT2D eigenvalue weighted by atomic mass is 10.1. The van der Waals surface area contributed by atoms with Crippen LogP contribution in [0.15, 0.2) is 21.6 Å². The molecule has 1 N–H and O–H groups in total. The van der Waals surface area contributed by atoms with E-state index in [1.54, 1.807) is 17.7 Å². The van der Waals surface area contributed by atoms with Crippen molar-refractivity contribution >= 4 is 27.3 Å². The second-order valence-electron chi connectivity index (χ2n) is 5.65. The number of thiophene rings is 1. The van der Waals surface area contributed by atoms with Gasteiger partial charge in [-0.25, -0.2) is 9.67 Å². The van der Waals surface area contributed by atoms with E-state index in [4.69, 9.17) is 0 Å². The van der Waals surface area contributed by atoms with Gasteiger partial charge in [-0.15, -0.1) is 11.3 Å². The van der Waals surface area contributed by atoms with Crippen molar-refractivity contribution in [1.82, 2.24) is 20.1 Å². The van der Waals surface area contributed by atoms with Crippen molar-refractivity contribution < 1.29 is 0 Å². The van der Waals surface area contributed by atoms with Gasteiger partial charge >= 0.3 is 0 Å². The van der Waals surface area contributed by atoms with Crippen molar-refractivity contribution in [1.29, 1.82) is 0 Å². The maximum Gasteiger partial charge on any atom is 0.138 e. The lowest BCUT2D eigenvalue weighted by Crippen LogP contribution is -2.25. The van der Waals surface area contributed by atoms with Crippen LogP contribution in [0.5, 0.6) is 0 Å². The smallest absolute Gasteiger partial charge is 0.138 e. The SMILES string of the molecule is CCCNC(Cc1ncnn1CC(C)C)c1csc(Br)c1. The summed E-state index contributed by atoms with van der Waals surface area (Å²) in [7, 11) is 0. The van der Waals surface area contributed by atoms with E-state index in [0.29, 0.717) is 12.0 Å². The number of hydrogen-bond acceptors (Lipinski definition) is 4. The van der Waals surface area contributed by atoms with E-state index in [1.165, 1.54) is 9.35 Å². The lowest BCUT2D eigenvalue weighted by molar-refractivity contribution is 0.444. The summed E-state index contributed by atoms with van der Waals surface area (Å²) in [5.74, 6) is 1.63. The van der Waals surface area contributed by atoms with Crippen LogP contribution in [0.25, 0.3) is 0 Å². The molecule has 0 amide bonds. The number of rotatable bonds is 8. The zero-order valence-corrected chi connectivity index (χ0v) is 15.2. The third-order valence-corrected chi connectivity index (χ3v) is 4.77. The molecule has 4 nitrogen and oxygen atoms in total. The Hall–Kier alpha value is -0.720. The number of nitrogens with zero attached hydrogens (tertiary/aromatic N) is 3. The molecule has 6 heteroatoms. The predicted molar refractivity (Wildman–Crippen MR) is 91.6 cm³/mol. The second kappa shape index (κ2) is 8.06. The van der Waals surface area contributed by atoms with Gasteiger partial charge in [0.15, 0.2) is 0 Å². The van der Waals surface area contributed by atoms with Crippen LogP contribution in [-0.2, 0) is 13.0 Å². The Bertz CT molecular complexity index is 549. The Morgan fingerprint density at radius 2 is 2.24 bits per heavy atom. The first-order chi connectivity index (χ1) is 10.1. The van der Waals surface area contributed by atoms with E-state index in [1.807, 2.05) is 4.68 Å². The zero-order chi connectivity index (χ0) is 15.2. The first-order valence-corrected chi connectivity index (χ1v) is 9.11. The Labute approximate surface area is 139 Å². The van der Waals surface area contributed by atoms with Crippen LogP contribution in [0.1, 0.15) is 44.6 Å². The molecule has 0 saturated heterocycles. The van der Waals surface area contributed by atoms with Gasteiger partial charge in [0.1, 0.15) is 12.2 Å². The first-order valence-electron chi connectivity index (χ1n) is 7.44. The number of halogens is 1. The third-order valence-electron chi connectivity index (χ3n) is 3.25. The van der Waals surface area contributed by atoms with E-state index in [2.05, 4.69) is 63.5 Å². The van der Waals surface area contributed by atoms with Crippen molar-refractivity contribution in [2.45, 2.75) is 46.2 Å². The van der Waals surface area contributed by atoms with Crippen LogP contribution < -0.4 is 5.32 Å². The van der Waals surface area contributed by atoms with Gasteiger partial charge in [-0.1, -0.05) is 20.8 Å². The normalized spacial score (nSPS) is 13.0. The number of nitrogens with one attached hydrogen (secondary N) is 1. The summed E-state index contributed by atoms with van der Waals surface area (Å²) in [5.41, 5.74) is 1.32. The number of aromatic nitrogens is 3. The fourth-order valence-electron chi connectivity index (χ4n) is 2.26. The van der Waals surface area contributed by atoms with Crippen molar-refractivity contribution in [3.63, 3.8) is 0 Å². The Balaban J connectivity index is 2.13. The summed E-state index contributed by atoms with van der Waals surface area (Å²) in [6.45, 7) is 8.52. The predicted octanol–water partition coefficient (Wildman–Crippen LogP) is 4.04. The highest BCUT2D eigenvalue weighted by molar-refractivity contribution is 9.11. The highest BCUT2D eigenvalue weighted by Gasteiger charge is 2.17. The summed E-state index contributed by atoms with van der Waals surface area (Å²) >= 11 is 5.28. The van der Waals surface area contributed by atoms with Gasteiger partial charge in [0.05, 0.1) is 3.79 Å². The molecule has 0 aliphatic carbocycles. The molecule has 21 heavy (non-hydrogen) atoms. The molecule has 0 aliphatic heterocycles. The Kier molecular flexibility index (Phi) is 6.39. The zero-order valence-electron chi connectivity index (χ0n) is 12.8. The largest absolute Gasteiger partial charge is 0.310 e. The summed E-state index contributed by atoms with van der Waals surface area (Å²) in [6.07, 6.45) is 3.66. The van der Waals surface area contributed by atoms with Crippen LogP contribution >= 0.6 is 27.3 Å². The van der Waals surface area contributed by atoms with Gasteiger partial charge < -0.3 is 5.32 Å². The molecule has 0 aliphatic rings. The monoisotopic (exact) mass is 370 g/mol. The minimum Gasteiger partial charge on any atom is -0.310 e. The number of hydrogen-bond donors (Lipinski definition) is 1. The molecule has 0 bridgehead atoms. The van der Waals surface area contributed by atoms with Crippen LogP contribution in [0.3, 0.4) is 0 Å². The van der Waals surface area contributed by atoms with E-state index in [-0.39, 0.29) is 0 Å². The van der Waals surface area contributed by atoms with Crippen molar-refractivity contribution in [3.05, 3.63) is 32.9 Å². The molecule has 2 aromatic rings. The van der Waals surface area contributed by atoms with Gasteiger partial charge in [0.2, 0.25) is 0 Å². The molecule has 0 saturated carbocycles. The molecule has 2 aromatic heterocycles. The van der Waals surface area contributed by atoms with Crippen LogP contribution in [-0.4, -0.2) is 21.3 Å². The van der Waals surface area contributed by atoms with Gasteiger partial charge in [0, 0.05) is 19.0 Å². The topological polar surface area (TPSA) is 42.7 Å². The molecule has 2 heterocycles. The average Bonchev–Trinajstić information content (AvgIpc) is 3.03. The quantitative estimate of drug-likeness (QED) is 0.762. The molecule has 0 aromatic carbocycles. The van der Waals surface area contributed by atoms with Crippen LogP contribution in [0, 0.1) is 5.92 Å². The fourth-order valence-corrected chi connectivity index (χ4v) is 3.49. The van der Waals surface area contributed by atoms with E-state index in [0.717, 1.165) is 31.8 Å². The molecule has 116 valence electrons. The van der Waals surface area contributed by atoms with Gasteiger partial charge in [-0.3, -0.25) is 0 Å². The van der Waals surface area contributed by atoms with Crippen molar-refractivity contribution in [3.8, 4) is 0 Å². The maximum atomic E-state index is 4.45. The molecular weight excluding hydrogens is 348 g/mol. The molecule has 0 radical (unpaired) electrons. The summed E-state index contributed by atoms with van der Waals surface area (Å²) in [4.78, 5) is 4.45. The molecular formula is C15H23BrN4S. The Morgan fingerprint density at radius 1 is 1.43 bits per heavy atom. The van der Waals surface area contributed by atoms with E-state index < -0.39 is 0 Å². The Morgan fingerprint density at radius 3 is 2.86 bits per heavy atom. The minimum atomic E-state index is 0.294. The molecule has 0 fully saturated rings. The van der Waals surface area contributed by atoms with Gasteiger partial charge in [-0.2, -0.15) is 5.10 Å². The highest BCUT2D eigenvalue weighted by Crippen LogP contribution is 2.27. The van der Waals surface area contributed by atoms with Gasteiger partial charge in [0.25, 0.3) is 0 Å². The summed E-state index contributed by atoms with van der Waals surface area (Å²) in [6, 6.07) is 2.49. The van der Waals surface area contributed by atoms with E-state index in [9.17, 15) is 0 Å². The summed E-state index contributed by atoms with van der Waals surface area (Å²) < 4.78 is 3.21. The minimum absolute atomic E-state index is 0.294. The first kappa shape index (κ1) is 16.6. The fraction of sp³-hybridized carbons (Fsp3) is 0.600. The van der Waals surface area contributed by atoms with E-state index >= 15 is 0 Å².